The first-order chi connectivity index (χ1) is 8.60. The quantitative estimate of drug-likeness (QED) is 0.888. The van der Waals surface area contributed by atoms with Crippen molar-refractivity contribution in [2.24, 2.45) is 0 Å². The van der Waals surface area contributed by atoms with Gasteiger partial charge in [-0.2, -0.15) is 0 Å². The van der Waals surface area contributed by atoms with Gasteiger partial charge in [-0.3, -0.25) is 4.79 Å². The van der Waals surface area contributed by atoms with Crippen LogP contribution in [0.3, 0.4) is 0 Å². The molecule has 106 valence electrons. The van der Waals surface area contributed by atoms with Crippen LogP contribution in [0.15, 0.2) is 28.7 Å². The van der Waals surface area contributed by atoms with Crippen molar-refractivity contribution >= 4 is 34.2 Å². The minimum absolute atomic E-state index is 0. The number of carbonyl (C=O) groups excluding carboxylic acids is 1. The fourth-order valence-corrected chi connectivity index (χ4v) is 2.68. The molecule has 0 aliphatic heterocycles. The van der Waals surface area contributed by atoms with E-state index < -0.39 is 0 Å². The topological polar surface area (TPSA) is 32.3 Å². The summed E-state index contributed by atoms with van der Waals surface area (Å²) in [7, 11) is 3.79. The Bertz CT molecular complexity index is 449. The molecule has 0 aromatic heterocycles. The van der Waals surface area contributed by atoms with Gasteiger partial charge in [0.2, 0.25) is 5.91 Å². The van der Waals surface area contributed by atoms with Crippen molar-refractivity contribution in [3.05, 3.63) is 34.3 Å². The van der Waals surface area contributed by atoms with Gasteiger partial charge in [-0.05, 0) is 37.6 Å². The zero-order valence-corrected chi connectivity index (χ0v) is 13.7. The molecule has 0 unspecified atom stereocenters. The lowest BCUT2D eigenvalue weighted by Gasteiger charge is -2.24. The Morgan fingerprint density at radius 2 is 2.16 bits per heavy atom. The van der Waals surface area contributed by atoms with Gasteiger partial charge in [0.25, 0.3) is 0 Å². The zero-order chi connectivity index (χ0) is 13.2. The molecule has 1 aromatic carbocycles. The average molecular weight is 348 g/mol. The lowest BCUT2D eigenvalue weighted by Crippen LogP contribution is -2.39. The first kappa shape index (κ1) is 16.5. The highest BCUT2D eigenvalue weighted by Crippen LogP contribution is 2.49. The minimum Gasteiger partial charge on any atom is -0.344 e. The molecule has 1 amide bonds. The van der Waals surface area contributed by atoms with Gasteiger partial charge in [0.1, 0.15) is 0 Å². The number of hydrogen-bond donors (Lipinski definition) is 1. The first-order valence-electron chi connectivity index (χ1n) is 6.26. The van der Waals surface area contributed by atoms with Gasteiger partial charge in [-0.15, -0.1) is 12.4 Å². The van der Waals surface area contributed by atoms with E-state index >= 15 is 0 Å². The first-order valence-corrected chi connectivity index (χ1v) is 7.06. The normalized spacial score (nSPS) is 15.5. The van der Waals surface area contributed by atoms with Gasteiger partial charge in [-0.1, -0.05) is 28.1 Å². The fraction of sp³-hybridized carbons (Fsp3) is 0.500. The summed E-state index contributed by atoms with van der Waals surface area (Å²) in [6.45, 7) is 1.59. The molecule has 5 heteroatoms. The van der Waals surface area contributed by atoms with Gasteiger partial charge in [-0.25, -0.2) is 0 Å². The molecule has 19 heavy (non-hydrogen) atoms. The lowest BCUT2D eigenvalue weighted by atomic mass is 9.94. The van der Waals surface area contributed by atoms with Gasteiger partial charge in [0, 0.05) is 24.6 Å². The molecule has 1 saturated carbocycles. The lowest BCUT2D eigenvalue weighted by molar-refractivity contribution is -0.132. The van der Waals surface area contributed by atoms with Crippen LogP contribution < -0.4 is 5.32 Å². The van der Waals surface area contributed by atoms with Crippen LogP contribution >= 0.6 is 28.3 Å². The van der Waals surface area contributed by atoms with Crippen LogP contribution in [0.25, 0.3) is 0 Å². The summed E-state index contributed by atoms with van der Waals surface area (Å²) >= 11 is 3.48. The Labute approximate surface area is 129 Å². The highest BCUT2D eigenvalue weighted by atomic mass is 79.9. The number of amides is 1. The SMILES string of the molecule is CNCCN(C)C(=O)C1(c2cccc(Br)c2)CC1.Cl. The van der Waals surface area contributed by atoms with Crippen molar-refractivity contribution in [1.82, 2.24) is 10.2 Å². The number of nitrogens with one attached hydrogen (secondary N) is 1. The third-order valence-corrected chi connectivity index (χ3v) is 4.07. The Morgan fingerprint density at radius 1 is 1.47 bits per heavy atom. The second-order valence-electron chi connectivity index (χ2n) is 4.92. The van der Waals surface area contributed by atoms with E-state index in [0.717, 1.165) is 36.0 Å². The molecule has 0 atom stereocenters. The van der Waals surface area contributed by atoms with Crippen LogP contribution in [0.1, 0.15) is 18.4 Å². The molecular formula is C14H20BrClN2O. The minimum atomic E-state index is -0.258. The van der Waals surface area contributed by atoms with Gasteiger partial charge in [0.15, 0.2) is 0 Å². The van der Waals surface area contributed by atoms with Crippen LogP contribution in [0, 0.1) is 0 Å². The predicted molar refractivity (Wildman–Crippen MR) is 83.9 cm³/mol. The molecule has 0 heterocycles. The second kappa shape index (κ2) is 6.73. The van der Waals surface area contributed by atoms with Crippen molar-refractivity contribution in [2.45, 2.75) is 18.3 Å². The number of carbonyl (C=O) groups is 1. The maximum atomic E-state index is 12.5. The van der Waals surface area contributed by atoms with E-state index in [1.807, 2.05) is 31.1 Å². The molecule has 2 rings (SSSR count). The smallest absolute Gasteiger partial charge is 0.233 e. The number of hydrogen-bond acceptors (Lipinski definition) is 2. The molecule has 0 saturated heterocycles. The summed E-state index contributed by atoms with van der Waals surface area (Å²) in [5, 5.41) is 3.07. The molecule has 0 bridgehead atoms. The molecule has 1 aliphatic rings. The van der Waals surface area contributed by atoms with Crippen LogP contribution in [0.5, 0.6) is 0 Å². The Kier molecular flexibility index (Phi) is 5.83. The van der Waals surface area contributed by atoms with Crippen LogP contribution in [0.2, 0.25) is 0 Å². The maximum Gasteiger partial charge on any atom is 0.233 e. The molecular weight excluding hydrogens is 328 g/mol. The van der Waals surface area contributed by atoms with Gasteiger partial charge < -0.3 is 10.2 Å². The molecule has 1 aliphatic carbocycles. The van der Waals surface area contributed by atoms with Crippen LogP contribution in [-0.2, 0) is 10.2 Å². The van der Waals surface area contributed by atoms with E-state index in [1.54, 1.807) is 0 Å². The second-order valence-corrected chi connectivity index (χ2v) is 5.84. The molecule has 0 spiro atoms. The largest absolute Gasteiger partial charge is 0.344 e. The monoisotopic (exact) mass is 346 g/mol. The van der Waals surface area contributed by atoms with E-state index in [2.05, 4.69) is 33.4 Å². The number of likely N-dealkylation sites (N-methyl/N-ethyl adjacent to an activating group) is 2. The molecule has 1 fully saturated rings. The van der Waals surface area contributed by atoms with Crippen molar-refractivity contribution in [2.75, 3.05) is 27.2 Å². The van der Waals surface area contributed by atoms with E-state index in [0.29, 0.717) is 0 Å². The molecule has 1 N–H and O–H groups in total. The summed E-state index contributed by atoms with van der Waals surface area (Å²) in [5.41, 5.74) is 0.880. The zero-order valence-electron chi connectivity index (χ0n) is 11.3. The van der Waals surface area contributed by atoms with Crippen LogP contribution in [0.4, 0.5) is 0 Å². The van der Waals surface area contributed by atoms with Crippen LogP contribution in [-0.4, -0.2) is 38.0 Å². The molecule has 0 radical (unpaired) electrons. The summed E-state index contributed by atoms with van der Waals surface area (Å²) in [6.07, 6.45) is 1.93. The maximum absolute atomic E-state index is 12.5. The van der Waals surface area contributed by atoms with E-state index in [9.17, 15) is 4.79 Å². The third-order valence-electron chi connectivity index (χ3n) is 3.58. The highest BCUT2D eigenvalue weighted by molar-refractivity contribution is 9.10. The van der Waals surface area contributed by atoms with Crippen molar-refractivity contribution in [1.29, 1.82) is 0 Å². The molecule has 3 nitrogen and oxygen atoms in total. The Morgan fingerprint density at radius 3 is 2.68 bits per heavy atom. The number of nitrogens with zero attached hydrogens (tertiary/aromatic N) is 1. The summed E-state index contributed by atoms with van der Waals surface area (Å²) < 4.78 is 1.04. The number of benzene rings is 1. The van der Waals surface area contributed by atoms with Gasteiger partial charge >= 0.3 is 0 Å². The summed E-state index contributed by atoms with van der Waals surface area (Å²) in [4.78, 5) is 14.4. The average Bonchev–Trinajstić information content (AvgIpc) is 3.16. The van der Waals surface area contributed by atoms with Crippen molar-refractivity contribution in [3.63, 3.8) is 0 Å². The van der Waals surface area contributed by atoms with Crippen molar-refractivity contribution in [3.8, 4) is 0 Å². The predicted octanol–water partition coefficient (Wildman–Crippen LogP) is 2.58. The fourth-order valence-electron chi connectivity index (χ4n) is 2.28. The Hall–Kier alpha value is -0.580. The third kappa shape index (κ3) is 3.50. The van der Waals surface area contributed by atoms with E-state index in [4.69, 9.17) is 0 Å². The highest BCUT2D eigenvalue weighted by Gasteiger charge is 2.52. The van der Waals surface area contributed by atoms with Crippen molar-refractivity contribution < 1.29 is 4.79 Å². The summed E-state index contributed by atoms with van der Waals surface area (Å²) in [5.74, 6) is 0.246. The van der Waals surface area contributed by atoms with E-state index in [1.165, 1.54) is 0 Å². The van der Waals surface area contributed by atoms with E-state index in [-0.39, 0.29) is 23.7 Å². The number of rotatable bonds is 5. The Balaban J connectivity index is 0.00000180. The molecule has 1 aromatic rings. The van der Waals surface area contributed by atoms with Gasteiger partial charge in [0.05, 0.1) is 5.41 Å². The number of halogens is 2. The standard InChI is InChI=1S/C14H19BrN2O.ClH/c1-16-8-9-17(2)13(18)14(6-7-14)11-4-3-5-12(15)10-11;/h3-5,10,16H,6-9H2,1-2H3;1H. The summed E-state index contributed by atoms with van der Waals surface area (Å²) in [6, 6.07) is 8.12.